The van der Waals surface area contributed by atoms with Gasteiger partial charge in [0.2, 0.25) is 5.91 Å². The van der Waals surface area contributed by atoms with E-state index in [1.807, 2.05) is 0 Å². The molecule has 4 nitrogen and oxygen atoms in total. The Kier molecular flexibility index (Phi) is 6.54. The fraction of sp³-hybridized carbons (Fsp3) is 0.611. The third-order valence-electron chi connectivity index (χ3n) is 4.41. The molecule has 128 valence electrons. The Hall–Kier alpha value is -1.46. The number of benzene rings is 1. The zero-order valence-corrected chi connectivity index (χ0v) is 13.8. The number of hydrogen-bond acceptors (Lipinski definition) is 3. The van der Waals surface area contributed by atoms with Gasteiger partial charge >= 0.3 is 0 Å². The largest absolute Gasteiger partial charge is 0.386 e. The lowest BCUT2D eigenvalue weighted by molar-refractivity contribution is -0.130. The van der Waals surface area contributed by atoms with E-state index in [4.69, 9.17) is 4.74 Å². The van der Waals surface area contributed by atoms with Crippen molar-refractivity contribution in [3.63, 3.8) is 0 Å². The first-order valence-corrected chi connectivity index (χ1v) is 8.30. The van der Waals surface area contributed by atoms with E-state index >= 15 is 0 Å². The Balaban J connectivity index is 1.76. The number of rotatable bonds is 6. The van der Waals surface area contributed by atoms with E-state index in [0.717, 1.165) is 19.3 Å². The normalized spacial score (nSPS) is 24.0. The molecule has 0 saturated heterocycles. The van der Waals surface area contributed by atoms with Crippen LogP contribution in [0, 0.1) is 11.7 Å². The van der Waals surface area contributed by atoms with Crippen LogP contribution in [0.3, 0.4) is 0 Å². The van der Waals surface area contributed by atoms with Crippen molar-refractivity contribution in [2.45, 2.75) is 57.8 Å². The number of aliphatic hydroxyl groups excluding tert-OH is 1. The van der Waals surface area contributed by atoms with Crippen LogP contribution in [-0.4, -0.2) is 29.8 Å². The highest BCUT2D eigenvalue weighted by Gasteiger charge is 2.22. The lowest BCUT2D eigenvalue weighted by atomic mass is 9.89. The standard InChI is InChI=1S/C18H26FNO3/c1-12-4-3-5-16(10-12)23-11-17(21)20-13(2)18(22)14-6-8-15(19)9-7-14/h6-9,12-13,16,18,22H,3-5,10-11H2,1-2H3,(H,20,21). The lowest BCUT2D eigenvalue weighted by Gasteiger charge is -2.27. The molecule has 0 aromatic heterocycles. The molecule has 5 heteroatoms. The molecule has 0 bridgehead atoms. The van der Waals surface area contributed by atoms with Crippen molar-refractivity contribution in [1.29, 1.82) is 0 Å². The maximum atomic E-state index is 12.9. The van der Waals surface area contributed by atoms with Gasteiger partial charge in [-0.3, -0.25) is 4.79 Å². The monoisotopic (exact) mass is 323 g/mol. The third-order valence-corrected chi connectivity index (χ3v) is 4.41. The van der Waals surface area contributed by atoms with Gasteiger partial charge in [0.15, 0.2) is 0 Å². The van der Waals surface area contributed by atoms with Gasteiger partial charge in [-0.1, -0.05) is 31.9 Å². The van der Waals surface area contributed by atoms with Crippen molar-refractivity contribution in [2.75, 3.05) is 6.61 Å². The summed E-state index contributed by atoms with van der Waals surface area (Å²) in [6, 6.07) is 5.15. The molecule has 4 atom stereocenters. The zero-order valence-electron chi connectivity index (χ0n) is 13.8. The molecule has 0 spiro atoms. The minimum Gasteiger partial charge on any atom is -0.386 e. The van der Waals surface area contributed by atoms with Gasteiger partial charge in [-0.2, -0.15) is 0 Å². The van der Waals surface area contributed by atoms with Crippen LogP contribution in [0.4, 0.5) is 4.39 Å². The van der Waals surface area contributed by atoms with Crippen LogP contribution in [0.2, 0.25) is 0 Å². The fourth-order valence-corrected chi connectivity index (χ4v) is 3.05. The van der Waals surface area contributed by atoms with Crippen LogP contribution < -0.4 is 5.32 Å². The summed E-state index contributed by atoms with van der Waals surface area (Å²) in [5.41, 5.74) is 0.571. The summed E-state index contributed by atoms with van der Waals surface area (Å²) in [5.74, 6) is 0.0562. The summed E-state index contributed by atoms with van der Waals surface area (Å²) in [5, 5.41) is 12.9. The van der Waals surface area contributed by atoms with Gasteiger partial charge in [0.25, 0.3) is 0 Å². The highest BCUT2D eigenvalue weighted by Crippen LogP contribution is 2.25. The zero-order chi connectivity index (χ0) is 16.8. The molecule has 1 aliphatic carbocycles. The first kappa shape index (κ1) is 17.9. The van der Waals surface area contributed by atoms with E-state index in [0.29, 0.717) is 11.5 Å². The maximum absolute atomic E-state index is 12.9. The van der Waals surface area contributed by atoms with Crippen molar-refractivity contribution < 1.29 is 19.0 Å². The summed E-state index contributed by atoms with van der Waals surface area (Å²) < 4.78 is 18.6. The second-order valence-electron chi connectivity index (χ2n) is 6.56. The van der Waals surface area contributed by atoms with Crippen LogP contribution >= 0.6 is 0 Å². The summed E-state index contributed by atoms with van der Waals surface area (Å²) in [6.07, 6.45) is 3.66. The number of aliphatic hydroxyl groups is 1. The Morgan fingerprint density at radius 3 is 2.74 bits per heavy atom. The van der Waals surface area contributed by atoms with Crippen LogP contribution in [0.1, 0.15) is 51.2 Å². The van der Waals surface area contributed by atoms with Gasteiger partial charge < -0.3 is 15.2 Å². The van der Waals surface area contributed by atoms with Crippen molar-refractivity contribution in [1.82, 2.24) is 5.32 Å². The van der Waals surface area contributed by atoms with Gasteiger partial charge in [-0.15, -0.1) is 0 Å². The topological polar surface area (TPSA) is 58.6 Å². The van der Waals surface area contributed by atoms with E-state index in [-0.39, 0.29) is 24.4 Å². The number of carbonyl (C=O) groups is 1. The van der Waals surface area contributed by atoms with E-state index in [1.54, 1.807) is 6.92 Å². The van der Waals surface area contributed by atoms with Crippen molar-refractivity contribution in [2.24, 2.45) is 5.92 Å². The van der Waals surface area contributed by atoms with Crippen LogP contribution in [-0.2, 0) is 9.53 Å². The predicted molar refractivity (Wildman–Crippen MR) is 86.3 cm³/mol. The number of hydrogen-bond donors (Lipinski definition) is 2. The second-order valence-corrected chi connectivity index (χ2v) is 6.56. The molecule has 23 heavy (non-hydrogen) atoms. The quantitative estimate of drug-likeness (QED) is 0.846. The van der Waals surface area contributed by atoms with E-state index in [2.05, 4.69) is 12.2 Å². The highest BCUT2D eigenvalue weighted by molar-refractivity contribution is 5.77. The van der Waals surface area contributed by atoms with Gasteiger partial charge in [0.05, 0.1) is 18.2 Å². The molecular formula is C18H26FNO3. The molecule has 1 saturated carbocycles. The minimum absolute atomic E-state index is 0.0118. The minimum atomic E-state index is -0.880. The van der Waals surface area contributed by atoms with Gasteiger partial charge in [-0.05, 0) is 43.4 Å². The number of nitrogens with one attached hydrogen (secondary N) is 1. The summed E-state index contributed by atoms with van der Waals surface area (Å²) in [7, 11) is 0. The van der Waals surface area contributed by atoms with Crippen LogP contribution in [0.5, 0.6) is 0 Å². The first-order valence-electron chi connectivity index (χ1n) is 8.30. The van der Waals surface area contributed by atoms with Crippen molar-refractivity contribution in [3.8, 4) is 0 Å². The molecule has 2 rings (SSSR count). The van der Waals surface area contributed by atoms with Gasteiger partial charge in [-0.25, -0.2) is 4.39 Å². The Labute approximate surface area is 137 Å². The molecule has 0 aliphatic heterocycles. The van der Waals surface area contributed by atoms with Gasteiger partial charge in [0, 0.05) is 0 Å². The molecule has 1 amide bonds. The molecule has 1 aromatic carbocycles. The fourth-order valence-electron chi connectivity index (χ4n) is 3.05. The number of amides is 1. The molecule has 4 unspecified atom stereocenters. The van der Waals surface area contributed by atoms with E-state index in [1.165, 1.54) is 30.7 Å². The van der Waals surface area contributed by atoms with Crippen LogP contribution in [0.25, 0.3) is 0 Å². The second kappa shape index (κ2) is 8.41. The molecular weight excluding hydrogens is 297 g/mol. The lowest BCUT2D eigenvalue weighted by Crippen LogP contribution is -2.40. The van der Waals surface area contributed by atoms with E-state index < -0.39 is 12.1 Å². The summed E-state index contributed by atoms with van der Waals surface area (Å²) in [6.45, 7) is 3.93. The Morgan fingerprint density at radius 2 is 2.09 bits per heavy atom. The molecule has 1 aliphatic rings. The van der Waals surface area contributed by atoms with Crippen LogP contribution in [0.15, 0.2) is 24.3 Å². The van der Waals surface area contributed by atoms with Crippen molar-refractivity contribution in [3.05, 3.63) is 35.6 Å². The number of halogens is 1. The smallest absolute Gasteiger partial charge is 0.246 e. The predicted octanol–water partition coefficient (Wildman–Crippen LogP) is 2.96. The molecule has 2 N–H and O–H groups in total. The molecule has 0 radical (unpaired) electrons. The average molecular weight is 323 g/mol. The molecule has 1 fully saturated rings. The SMILES string of the molecule is CC1CCCC(OCC(=O)NC(C)C(O)c2ccc(F)cc2)C1. The van der Waals surface area contributed by atoms with E-state index in [9.17, 15) is 14.3 Å². The third kappa shape index (κ3) is 5.59. The highest BCUT2D eigenvalue weighted by atomic mass is 19.1. The maximum Gasteiger partial charge on any atom is 0.246 e. The molecule has 0 heterocycles. The first-order chi connectivity index (χ1) is 11.0. The van der Waals surface area contributed by atoms with Gasteiger partial charge in [0.1, 0.15) is 12.4 Å². The number of carbonyl (C=O) groups excluding carboxylic acids is 1. The average Bonchev–Trinajstić information content (AvgIpc) is 2.53. The number of ether oxygens (including phenoxy) is 1. The Bertz CT molecular complexity index is 505. The molecule has 1 aromatic rings. The van der Waals surface area contributed by atoms with Crippen molar-refractivity contribution >= 4 is 5.91 Å². The summed E-state index contributed by atoms with van der Waals surface area (Å²) >= 11 is 0. The summed E-state index contributed by atoms with van der Waals surface area (Å²) in [4.78, 5) is 12.0. The Morgan fingerprint density at radius 1 is 1.39 bits per heavy atom.